The van der Waals surface area contributed by atoms with Crippen molar-refractivity contribution in [2.24, 2.45) is 5.92 Å². The Balaban J connectivity index is 1.43. The highest BCUT2D eigenvalue weighted by atomic mass is 16.5. The molecule has 2 atom stereocenters. The number of likely N-dealkylation sites (tertiary alicyclic amines) is 1. The van der Waals surface area contributed by atoms with Crippen LogP contribution in [0.15, 0.2) is 28.8 Å². The second-order valence-electron chi connectivity index (χ2n) is 6.92. The number of hydrogen-bond acceptors (Lipinski definition) is 6. The summed E-state index contributed by atoms with van der Waals surface area (Å²) in [7, 11) is 3.78. The Morgan fingerprint density at radius 3 is 2.79 bits per heavy atom. The molecule has 0 bridgehead atoms. The molecule has 1 N–H and O–H groups in total. The number of methoxy groups -OCH3 is 1. The number of rotatable bonds is 6. The van der Waals surface area contributed by atoms with Crippen molar-refractivity contribution in [2.75, 3.05) is 27.2 Å². The molecule has 1 saturated carbocycles. The molecule has 4 rings (SSSR count). The molecule has 6 nitrogen and oxygen atoms in total. The minimum Gasteiger partial charge on any atom is -0.497 e. The SMILES string of the molecule is COc1ccc(-c2noc(C3CC(NCC4CC4)CN3C)n2)cc1. The van der Waals surface area contributed by atoms with Gasteiger partial charge in [-0.05, 0) is 63.0 Å². The van der Waals surface area contributed by atoms with E-state index in [-0.39, 0.29) is 6.04 Å². The monoisotopic (exact) mass is 328 g/mol. The number of nitrogens with one attached hydrogen (secondary N) is 1. The van der Waals surface area contributed by atoms with Gasteiger partial charge in [-0.15, -0.1) is 0 Å². The van der Waals surface area contributed by atoms with E-state index in [0.29, 0.717) is 17.8 Å². The van der Waals surface area contributed by atoms with E-state index in [0.717, 1.165) is 36.7 Å². The number of aromatic nitrogens is 2. The summed E-state index contributed by atoms with van der Waals surface area (Å²) in [5, 5.41) is 7.84. The number of likely N-dealkylation sites (N-methyl/N-ethyl adjacent to an activating group) is 1. The predicted molar refractivity (Wildman–Crippen MR) is 90.8 cm³/mol. The van der Waals surface area contributed by atoms with E-state index in [9.17, 15) is 0 Å². The van der Waals surface area contributed by atoms with Crippen molar-refractivity contribution in [1.82, 2.24) is 20.4 Å². The van der Waals surface area contributed by atoms with Crippen molar-refractivity contribution in [1.29, 1.82) is 0 Å². The fourth-order valence-electron chi connectivity index (χ4n) is 3.32. The van der Waals surface area contributed by atoms with E-state index in [1.54, 1.807) is 7.11 Å². The van der Waals surface area contributed by atoms with Crippen molar-refractivity contribution in [3.63, 3.8) is 0 Å². The van der Waals surface area contributed by atoms with E-state index in [4.69, 9.17) is 9.26 Å². The summed E-state index contributed by atoms with van der Waals surface area (Å²) in [6.45, 7) is 2.17. The molecule has 1 aliphatic heterocycles. The van der Waals surface area contributed by atoms with E-state index < -0.39 is 0 Å². The van der Waals surface area contributed by atoms with E-state index in [2.05, 4.69) is 27.4 Å². The highest BCUT2D eigenvalue weighted by Gasteiger charge is 2.35. The molecule has 0 amide bonds. The molecular weight excluding hydrogens is 304 g/mol. The molecule has 2 heterocycles. The molecule has 2 aromatic rings. The van der Waals surface area contributed by atoms with Crippen LogP contribution in [0.4, 0.5) is 0 Å². The summed E-state index contributed by atoms with van der Waals surface area (Å²) >= 11 is 0. The largest absolute Gasteiger partial charge is 0.497 e. The highest BCUT2D eigenvalue weighted by molar-refractivity contribution is 5.55. The highest BCUT2D eigenvalue weighted by Crippen LogP contribution is 2.32. The minimum atomic E-state index is 0.196. The maximum Gasteiger partial charge on any atom is 0.244 e. The van der Waals surface area contributed by atoms with Crippen molar-refractivity contribution in [3.8, 4) is 17.1 Å². The Bertz CT molecular complexity index is 681. The zero-order valence-corrected chi connectivity index (χ0v) is 14.2. The van der Waals surface area contributed by atoms with E-state index in [1.807, 2.05) is 24.3 Å². The normalized spacial score (nSPS) is 24.4. The Labute approximate surface area is 142 Å². The molecule has 1 aliphatic carbocycles. The third-order valence-electron chi connectivity index (χ3n) is 5.02. The van der Waals surface area contributed by atoms with Gasteiger partial charge in [-0.2, -0.15) is 4.98 Å². The molecule has 0 radical (unpaired) electrons. The Morgan fingerprint density at radius 1 is 1.29 bits per heavy atom. The van der Waals surface area contributed by atoms with Gasteiger partial charge in [-0.1, -0.05) is 5.16 Å². The topological polar surface area (TPSA) is 63.4 Å². The quantitative estimate of drug-likeness (QED) is 0.879. The predicted octanol–water partition coefficient (Wildman–Crippen LogP) is 2.49. The van der Waals surface area contributed by atoms with Crippen molar-refractivity contribution in [3.05, 3.63) is 30.2 Å². The van der Waals surface area contributed by atoms with Crippen molar-refractivity contribution < 1.29 is 9.26 Å². The van der Waals surface area contributed by atoms with Crippen LogP contribution in [0.5, 0.6) is 5.75 Å². The summed E-state index contributed by atoms with van der Waals surface area (Å²) < 4.78 is 10.7. The summed E-state index contributed by atoms with van der Waals surface area (Å²) in [5.41, 5.74) is 0.940. The average molecular weight is 328 g/mol. The van der Waals surface area contributed by atoms with Crippen LogP contribution in [-0.2, 0) is 0 Å². The number of nitrogens with zero attached hydrogens (tertiary/aromatic N) is 3. The molecule has 0 spiro atoms. The molecule has 1 aromatic carbocycles. The minimum absolute atomic E-state index is 0.196. The fraction of sp³-hybridized carbons (Fsp3) is 0.556. The lowest BCUT2D eigenvalue weighted by Gasteiger charge is -2.14. The summed E-state index contributed by atoms with van der Waals surface area (Å²) in [6, 6.07) is 8.42. The van der Waals surface area contributed by atoms with Gasteiger partial charge in [0.1, 0.15) is 5.75 Å². The van der Waals surface area contributed by atoms with Crippen LogP contribution in [0.25, 0.3) is 11.4 Å². The first-order valence-corrected chi connectivity index (χ1v) is 8.64. The average Bonchev–Trinajstić information content (AvgIpc) is 3.18. The molecule has 1 aromatic heterocycles. The first kappa shape index (κ1) is 15.6. The first-order chi connectivity index (χ1) is 11.7. The van der Waals surface area contributed by atoms with Crippen molar-refractivity contribution in [2.45, 2.75) is 31.3 Å². The molecule has 6 heteroatoms. The Hall–Kier alpha value is -1.92. The molecule has 2 aliphatic rings. The number of ether oxygens (including phenoxy) is 1. The molecule has 128 valence electrons. The van der Waals surface area contributed by atoms with Crippen LogP contribution in [0.3, 0.4) is 0 Å². The third kappa shape index (κ3) is 3.30. The van der Waals surface area contributed by atoms with Crippen LogP contribution in [0.2, 0.25) is 0 Å². The zero-order valence-electron chi connectivity index (χ0n) is 14.2. The maximum atomic E-state index is 5.55. The lowest BCUT2D eigenvalue weighted by atomic mass is 10.1. The van der Waals surface area contributed by atoms with Gasteiger partial charge in [-0.25, -0.2) is 0 Å². The zero-order chi connectivity index (χ0) is 16.5. The molecular formula is C18H24N4O2. The van der Waals surface area contributed by atoms with Gasteiger partial charge in [0.25, 0.3) is 0 Å². The number of benzene rings is 1. The summed E-state index contributed by atoms with van der Waals surface area (Å²) in [4.78, 5) is 6.92. The van der Waals surface area contributed by atoms with Gasteiger partial charge in [0.2, 0.25) is 11.7 Å². The second-order valence-corrected chi connectivity index (χ2v) is 6.92. The second kappa shape index (κ2) is 6.53. The smallest absolute Gasteiger partial charge is 0.244 e. The van der Waals surface area contributed by atoms with Crippen LogP contribution in [0, 0.1) is 5.92 Å². The van der Waals surface area contributed by atoms with Gasteiger partial charge >= 0.3 is 0 Å². The van der Waals surface area contributed by atoms with Gasteiger partial charge in [0, 0.05) is 18.2 Å². The lowest BCUT2D eigenvalue weighted by molar-refractivity contribution is 0.244. The first-order valence-electron chi connectivity index (χ1n) is 8.64. The van der Waals surface area contributed by atoms with Gasteiger partial charge < -0.3 is 14.6 Å². The van der Waals surface area contributed by atoms with Gasteiger partial charge in [0.05, 0.1) is 13.2 Å². The molecule has 2 unspecified atom stereocenters. The van der Waals surface area contributed by atoms with Crippen molar-refractivity contribution >= 4 is 0 Å². The van der Waals surface area contributed by atoms with Crippen LogP contribution in [-0.4, -0.2) is 48.3 Å². The fourth-order valence-corrected chi connectivity index (χ4v) is 3.32. The summed E-state index contributed by atoms with van der Waals surface area (Å²) in [6.07, 6.45) is 3.79. The maximum absolute atomic E-state index is 5.55. The van der Waals surface area contributed by atoms with Crippen LogP contribution in [0.1, 0.15) is 31.2 Å². The van der Waals surface area contributed by atoms with Gasteiger partial charge in [0.15, 0.2) is 0 Å². The molecule has 24 heavy (non-hydrogen) atoms. The Morgan fingerprint density at radius 2 is 2.08 bits per heavy atom. The molecule has 1 saturated heterocycles. The summed E-state index contributed by atoms with van der Waals surface area (Å²) in [5.74, 6) is 3.07. The standard InChI is InChI=1S/C18H24N4O2/c1-22-11-14(19-10-12-3-4-12)9-16(22)18-20-17(21-24-18)13-5-7-15(23-2)8-6-13/h5-8,12,14,16,19H,3-4,9-11H2,1-2H3. The lowest BCUT2D eigenvalue weighted by Crippen LogP contribution is -2.32. The van der Waals surface area contributed by atoms with Gasteiger partial charge in [-0.3, -0.25) is 4.90 Å². The van der Waals surface area contributed by atoms with E-state index >= 15 is 0 Å². The third-order valence-corrected chi connectivity index (χ3v) is 5.02. The number of hydrogen-bond donors (Lipinski definition) is 1. The van der Waals surface area contributed by atoms with E-state index in [1.165, 1.54) is 12.8 Å². The molecule has 2 fully saturated rings. The van der Waals surface area contributed by atoms with Crippen LogP contribution < -0.4 is 10.1 Å². The van der Waals surface area contributed by atoms with Crippen LogP contribution >= 0.6 is 0 Å². The Kier molecular flexibility index (Phi) is 4.24.